The van der Waals surface area contributed by atoms with Crippen LogP contribution in [0.1, 0.15) is 49.1 Å². The van der Waals surface area contributed by atoms with Crippen molar-refractivity contribution in [3.63, 3.8) is 0 Å². The second-order valence-corrected chi connectivity index (χ2v) is 9.61. The molecule has 0 radical (unpaired) electrons. The molecule has 1 aromatic heterocycles. The summed E-state index contributed by atoms with van der Waals surface area (Å²) in [4.78, 5) is 0. The smallest absolute Gasteiger partial charge is 0.161 e. The Morgan fingerprint density at radius 1 is 1.10 bits per heavy atom. The molecule has 2 aliphatic rings. The quantitative estimate of drug-likeness (QED) is 0.449. The van der Waals surface area contributed by atoms with Gasteiger partial charge in [-0.25, -0.2) is 0 Å². The fourth-order valence-corrected chi connectivity index (χ4v) is 5.38. The highest BCUT2D eigenvalue weighted by atomic mass is 16.3. The van der Waals surface area contributed by atoms with Gasteiger partial charge in [0.1, 0.15) is 11.3 Å². The minimum Gasteiger partial charge on any atom is -0.504 e. The largest absolute Gasteiger partial charge is 0.504 e. The monoisotopic (exact) mass is 421 g/mol. The number of furan rings is 1. The summed E-state index contributed by atoms with van der Waals surface area (Å²) in [6.07, 6.45) is 4.05. The van der Waals surface area contributed by atoms with Gasteiger partial charge in [-0.3, -0.25) is 0 Å². The van der Waals surface area contributed by atoms with Crippen LogP contribution in [0.3, 0.4) is 0 Å². The molecular formula is C26H31NO4. The number of hydrogen-bond donors (Lipinski definition) is 4. The lowest BCUT2D eigenvalue weighted by Crippen LogP contribution is -2.60. The summed E-state index contributed by atoms with van der Waals surface area (Å²) in [7, 11) is 0. The van der Waals surface area contributed by atoms with Crippen LogP contribution in [0, 0.1) is 5.92 Å². The van der Waals surface area contributed by atoms with E-state index >= 15 is 0 Å². The lowest BCUT2D eigenvalue weighted by Gasteiger charge is -2.49. The van der Waals surface area contributed by atoms with Gasteiger partial charge < -0.3 is 25.1 Å². The molecule has 1 heterocycles. The number of benzene rings is 2. The van der Waals surface area contributed by atoms with Gasteiger partial charge in [0.05, 0.1) is 5.60 Å². The van der Waals surface area contributed by atoms with Crippen LogP contribution in [-0.4, -0.2) is 34.0 Å². The predicted molar refractivity (Wildman–Crippen MR) is 121 cm³/mol. The predicted octanol–water partition coefficient (Wildman–Crippen LogP) is 4.19. The first-order chi connectivity index (χ1) is 14.9. The third kappa shape index (κ3) is 3.22. The molecule has 0 saturated heterocycles. The van der Waals surface area contributed by atoms with Crippen molar-refractivity contribution >= 4 is 11.0 Å². The van der Waals surface area contributed by atoms with E-state index in [2.05, 4.69) is 5.32 Å². The second-order valence-electron chi connectivity index (χ2n) is 9.61. The van der Waals surface area contributed by atoms with E-state index in [4.69, 9.17) is 4.42 Å². The summed E-state index contributed by atoms with van der Waals surface area (Å²) in [5.74, 6) is 1.25. The second kappa shape index (κ2) is 7.28. The van der Waals surface area contributed by atoms with Crippen molar-refractivity contribution in [2.24, 2.45) is 5.92 Å². The topological polar surface area (TPSA) is 85.9 Å². The lowest BCUT2D eigenvalue weighted by atomic mass is 9.59. The Hall–Kier alpha value is -2.50. The molecule has 31 heavy (non-hydrogen) atoms. The maximum Gasteiger partial charge on any atom is 0.161 e. The van der Waals surface area contributed by atoms with Crippen molar-refractivity contribution in [3.8, 4) is 11.5 Å². The minimum absolute atomic E-state index is 0.137. The summed E-state index contributed by atoms with van der Waals surface area (Å²) in [6.45, 7) is 5.33. The first-order valence-corrected chi connectivity index (χ1v) is 11.3. The van der Waals surface area contributed by atoms with Crippen LogP contribution < -0.4 is 5.32 Å². The van der Waals surface area contributed by atoms with Gasteiger partial charge in [0.15, 0.2) is 11.5 Å². The van der Waals surface area contributed by atoms with Crippen LogP contribution in [0.15, 0.2) is 40.8 Å². The van der Waals surface area contributed by atoms with Crippen LogP contribution in [0.25, 0.3) is 11.0 Å². The molecule has 2 aliphatic carbocycles. The fourth-order valence-electron chi connectivity index (χ4n) is 5.38. The highest BCUT2D eigenvalue weighted by Crippen LogP contribution is 2.52. The molecule has 2 atom stereocenters. The van der Waals surface area contributed by atoms with Crippen molar-refractivity contribution in [3.05, 3.63) is 58.8 Å². The molecule has 164 valence electrons. The Balaban J connectivity index is 1.66. The molecule has 1 saturated carbocycles. The number of aliphatic hydroxyl groups is 1. The molecule has 0 aliphatic heterocycles. The van der Waals surface area contributed by atoms with Gasteiger partial charge in [0.2, 0.25) is 0 Å². The van der Waals surface area contributed by atoms with Gasteiger partial charge >= 0.3 is 0 Å². The van der Waals surface area contributed by atoms with E-state index in [1.807, 2.05) is 44.2 Å². The lowest BCUT2D eigenvalue weighted by molar-refractivity contribution is -0.0426. The van der Waals surface area contributed by atoms with Crippen molar-refractivity contribution in [2.45, 2.75) is 57.0 Å². The van der Waals surface area contributed by atoms with E-state index in [1.165, 1.54) is 18.9 Å². The summed E-state index contributed by atoms with van der Waals surface area (Å²) < 4.78 is 6.22. The Kier molecular flexibility index (Phi) is 4.79. The summed E-state index contributed by atoms with van der Waals surface area (Å²) in [6, 6.07) is 11.3. The Morgan fingerprint density at radius 2 is 1.87 bits per heavy atom. The van der Waals surface area contributed by atoms with Gasteiger partial charge in [-0.2, -0.15) is 0 Å². The molecule has 0 amide bonds. The van der Waals surface area contributed by atoms with Gasteiger partial charge in [0, 0.05) is 41.3 Å². The molecule has 2 unspecified atom stereocenters. The molecule has 4 N–H and O–H groups in total. The van der Waals surface area contributed by atoms with Gasteiger partial charge in [-0.1, -0.05) is 38.1 Å². The van der Waals surface area contributed by atoms with Crippen LogP contribution in [0.4, 0.5) is 0 Å². The molecule has 0 bridgehead atoms. The number of aromatic hydroxyl groups is 2. The molecule has 0 spiro atoms. The SMILES string of the molecule is CCc1ccc(O)c(O)c1C1(C)Cc2oc3ccccc3c2CC1(O)CNCC1CC1. The molecule has 1 fully saturated rings. The van der Waals surface area contributed by atoms with Crippen molar-refractivity contribution in [1.29, 1.82) is 0 Å². The number of hydrogen-bond acceptors (Lipinski definition) is 5. The van der Waals surface area contributed by atoms with Gasteiger partial charge in [-0.15, -0.1) is 0 Å². The third-order valence-corrected chi connectivity index (χ3v) is 7.52. The maximum atomic E-state index is 12.2. The van der Waals surface area contributed by atoms with E-state index in [0.29, 0.717) is 37.3 Å². The molecule has 3 aromatic rings. The number of para-hydroxylation sites is 1. The molecule has 2 aromatic carbocycles. The average Bonchev–Trinajstić information content (AvgIpc) is 3.51. The average molecular weight is 422 g/mol. The van der Waals surface area contributed by atoms with Gasteiger partial charge in [-0.05, 0) is 49.4 Å². The van der Waals surface area contributed by atoms with Crippen molar-refractivity contribution < 1.29 is 19.7 Å². The first-order valence-electron chi connectivity index (χ1n) is 11.3. The number of phenolic OH excluding ortho intramolecular Hbond substituents is 2. The Bertz CT molecular complexity index is 1130. The van der Waals surface area contributed by atoms with Crippen LogP contribution >= 0.6 is 0 Å². The van der Waals surface area contributed by atoms with Gasteiger partial charge in [0.25, 0.3) is 0 Å². The zero-order valence-corrected chi connectivity index (χ0v) is 18.2. The van der Waals surface area contributed by atoms with E-state index in [1.54, 1.807) is 0 Å². The normalized spacial score (nSPS) is 25.6. The van der Waals surface area contributed by atoms with E-state index in [9.17, 15) is 15.3 Å². The molecule has 5 rings (SSSR count). The standard InChI is InChI=1S/C26H31NO4/c1-3-17-10-11-20(28)24(29)23(17)25(2)13-22-19(18-6-4-5-7-21(18)31-22)12-26(25,30)15-27-14-16-8-9-16/h4-7,10-11,16,27-30H,3,8-9,12-15H2,1-2H3. The van der Waals surface area contributed by atoms with Crippen LogP contribution in [-0.2, 0) is 24.7 Å². The zero-order chi connectivity index (χ0) is 21.8. The fraction of sp³-hybridized carbons (Fsp3) is 0.462. The number of phenols is 2. The zero-order valence-electron chi connectivity index (χ0n) is 18.2. The summed E-state index contributed by atoms with van der Waals surface area (Å²) in [5.41, 5.74) is 1.42. The molecule has 5 nitrogen and oxygen atoms in total. The van der Waals surface area contributed by atoms with Crippen LogP contribution in [0.2, 0.25) is 0 Å². The Labute approximate surface area is 182 Å². The first kappa shape index (κ1) is 20.4. The highest BCUT2D eigenvalue weighted by Gasteiger charge is 2.54. The third-order valence-electron chi connectivity index (χ3n) is 7.52. The number of aryl methyl sites for hydroxylation is 1. The van der Waals surface area contributed by atoms with E-state index in [0.717, 1.165) is 34.4 Å². The number of fused-ring (bicyclic) bond motifs is 3. The van der Waals surface area contributed by atoms with E-state index in [-0.39, 0.29) is 11.5 Å². The van der Waals surface area contributed by atoms with E-state index < -0.39 is 11.0 Å². The maximum absolute atomic E-state index is 12.2. The number of nitrogens with one attached hydrogen (secondary N) is 1. The Morgan fingerprint density at radius 3 is 2.61 bits per heavy atom. The number of rotatable bonds is 6. The van der Waals surface area contributed by atoms with Crippen molar-refractivity contribution in [2.75, 3.05) is 13.1 Å². The summed E-state index contributed by atoms with van der Waals surface area (Å²) >= 11 is 0. The van der Waals surface area contributed by atoms with Crippen LogP contribution in [0.5, 0.6) is 11.5 Å². The van der Waals surface area contributed by atoms with Crippen molar-refractivity contribution in [1.82, 2.24) is 5.32 Å². The molecular weight excluding hydrogens is 390 g/mol. The summed E-state index contributed by atoms with van der Waals surface area (Å²) in [5, 5.41) is 38.1. The molecule has 5 heteroatoms. The minimum atomic E-state index is -1.16. The highest BCUT2D eigenvalue weighted by molar-refractivity contribution is 5.83.